The van der Waals surface area contributed by atoms with Gasteiger partial charge in [0.05, 0.1) is 0 Å². The summed E-state index contributed by atoms with van der Waals surface area (Å²) in [5.74, 6) is 0. The van der Waals surface area contributed by atoms with Crippen LogP contribution in [-0.4, -0.2) is 0 Å². The molecule has 3 aliphatic carbocycles. The summed E-state index contributed by atoms with van der Waals surface area (Å²) in [7, 11) is 0. The molecule has 0 saturated carbocycles. The molecule has 0 spiro atoms. The van der Waals surface area contributed by atoms with E-state index in [1.165, 1.54) is 16.7 Å². The van der Waals surface area contributed by atoms with Crippen LogP contribution in [-0.2, 0) is 0 Å². The molecule has 0 aromatic rings. The smallest absolute Gasteiger partial charge is 0.00821 e. The highest BCUT2D eigenvalue weighted by Gasteiger charge is 2.21. The van der Waals surface area contributed by atoms with Gasteiger partial charge in [-0.2, -0.15) is 0 Å². The van der Waals surface area contributed by atoms with Gasteiger partial charge in [0.25, 0.3) is 0 Å². The fourth-order valence-corrected chi connectivity index (χ4v) is 1.05. The van der Waals surface area contributed by atoms with Crippen LogP contribution < -0.4 is 0 Å². The van der Waals surface area contributed by atoms with Crippen LogP contribution in [0.4, 0.5) is 0 Å². The highest BCUT2D eigenvalue weighted by Crippen LogP contribution is 2.40. The van der Waals surface area contributed by atoms with E-state index in [1.807, 2.05) is 0 Å². The van der Waals surface area contributed by atoms with Crippen LogP contribution in [0.1, 0.15) is 6.42 Å². The lowest BCUT2D eigenvalue weighted by Gasteiger charge is -2.09. The molecule has 0 heterocycles. The van der Waals surface area contributed by atoms with Crippen LogP contribution in [0.15, 0.2) is 35.5 Å². The van der Waals surface area contributed by atoms with Crippen molar-refractivity contribution >= 4 is 0 Å². The molecule has 0 atom stereocenters. The summed E-state index contributed by atoms with van der Waals surface area (Å²) in [5.41, 5.74) is 4.09. The second-order valence-corrected chi connectivity index (χ2v) is 2.01. The van der Waals surface area contributed by atoms with E-state index in [0.717, 1.165) is 6.42 Å². The highest BCUT2D eigenvalue weighted by molar-refractivity contribution is 5.67. The number of allylic oxidation sites excluding steroid dienone is 5. The van der Waals surface area contributed by atoms with E-state index in [4.69, 9.17) is 0 Å². The Morgan fingerprint density at radius 3 is 2.57 bits per heavy atom. The second-order valence-electron chi connectivity index (χ2n) is 2.01. The maximum atomic E-state index is 3.85. The average molecular weight is 90.1 g/mol. The van der Waals surface area contributed by atoms with E-state index in [0.29, 0.717) is 0 Å². The average Bonchev–Trinajstić information content (AvgIpc) is 2.18. The number of hydrogen-bond acceptors (Lipinski definition) is 0. The predicted octanol–water partition coefficient (Wildman–Crippen LogP) is 1.81. The fraction of sp³-hybridized carbons (Fsp3) is 0.143. The Labute approximate surface area is 42.8 Å². The van der Waals surface area contributed by atoms with E-state index in [-0.39, 0.29) is 0 Å². The predicted molar refractivity (Wildman–Crippen MR) is 29.9 cm³/mol. The van der Waals surface area contributed by atoms with Gasteiger partial charge in [0.1, 0.15) is 0 Å². The van der Waals surface area contributed by atoms with E-state index in [9.17, 15) is 0 Å². The first-order valence-corrected chi connectivity index (χ1v) is 2.48. The molecule has 0 heteroatoms. The minimum absolute atomic E-state index is 1.15. The molecule has 0 amide bonds. The van der Waals surface area contributed by atoms with E-state index < -0.39 is 0 Å². The first-order chi connectivity index (χ1) is 3.38. The Bertz CT molecular complexity index is 192. The van der Waals surface area contributed by atoms with Crippen molar-refractivity contribution in [1.82, 2.24) is 0 Å². The summed E-state index contributed by atoms with van der Waals surface area (Å²) < 4.78 is 0. The standard InChI is InChI=1S/C7H6/c1-5-6-2-3-7(5)4-6/h2,4H,1,3H2. The molecular weight excluding hydrogens is 84.1 g/mol. The lowest BCUT2D eigenvalue weighted by atomic mass is 9.95. The monoisotopic (exact) mass is 90.0 g/mol. The van der Waals surface area contributed by atoms with Crippen LogP contribution in [0.3, 0.4) is 0 Å². The Morgan fingerprint density at radius 1 is 1.57 bits per heavy atom. The first-order valence-electron chi connectivity index (χ1n) is 2.48. The molecule has 2 bridgehead atoms. The molecule has 0 radical (unpaired) electrons. The van der Waals surface area contributed by atoms with Gasteiger partial charge in [0.2, 0.25) is 0 Å². The summed E-state index contributed by atoms with van der Waals surface area (Å²) in [6.07, 6.45) is 5.56. The summed E-state index contributed by atoms with van der Waals surface area (Å²) in [5, 5.41) is 0. The van der Waals surface area contributed by atoms with E-state index in [1.54, 1.807) is 0 Å². The normalized spacial score (nSPS) is 23.7. The first kappa shape index (κ1) is 3.25. The molecule has 0 N–H and O–H groups in total. The van der Waals surface area contributed by atoms with E-state index in [2.05, 4.69) is 18.7 Å². The molecule has 0 unspecified atom stereocenters. The molecule has 3 rings (SSSR count). The van der Waals surface area contributed by atoms with Crippen LogP contribution in [0, 0.1) is 0 Å². The van der Waals surface area contributed by atoms with Crippen molar-refractivity contribution in [2.24, 2.45) is 0 Å². The van der Waals surface area contributed by atoms with Gasteiger partial charge in [0.15, 0.2) is 0 Å². The quantitative estimate of drug-likeness (QED) is 0.425. The summed E-state index contributed by atoms with van der Waals surface area (Å²) >= 11 is 0. The molecule has 0 aromatic heterocycles. The highest BCUT2D eigenvalue weighted by atomic mass is 14.3. The van der Waals surface area contributed by atoms with Crippen molar-refractivity contribution in [1.29, 1.82) is 0 Å². The maximum Gasteiger partial charge on any atom is -0.00821 e. The van der Waals surface area contributed by atoms with Gasteiger partial charge < -0.3 is 0 Å². The van der Waals surface area contributed by atoms with Gasteiger partial charge in [-0.05, 0) is 23.1 Å². The molecule has 0 fully saturated rings. The Morgan fingerprint density at radius 2 is 2.43 bits per heavy atom. The number of rotatable bonds is 0. The molecule has 0 nitrogen and oxygen atoms in total. The van der Waals surface area contributed by atoms with Crippen LogP contribution in [0.25, 0.3) is 0 Å². The zero-order valence-electron chi connectivity index (χ0n) is 4.07. The number of fused-ring (bicyclic) bond motifs is 1. The third kappa shape index (κ3) is 0.206. The molecule has 34 valence electrons. The molecule has 7 heavy (non-hydrogen) atoms. The minimum atomic E-state index is 1.15. The molecule has 0 aromatic carbocycles. The van der Waals surface area contributed by atoms with Crippen molar-refractivity contribution in [3.8, 4) is 0 Å². The van der Waals surface area contributed by atoms with Crippen LogP contribution in [0.5, 0.6) is 0 Å². The van der Waals surface area contributed by atoms with Crippen LogP contribution >= 0.6 is 0 Å². The van der Waals surface area contributed by atoms with Crippen molar-refractivity contribution in [3.05, 3.63) is 35.5 Å². The van der Waals surface area contributed by atoms with Crippen molar-refractivity contribution in [3.63, 3.8) is 0 Å². The van der Waals surface area contributed by atoms with Gasteiger partial charge in [-0.15, -0.1) is 0 Å². The molecule has 0 aliphatic heterocycles. The third-order valence-electron chi connectivity index (χ3n) is 1.61. The van der Waals surface area contributed by atoms with Crippen molar-refractivity contribution < 1.29 is 0 Å². The van der Waals surface area contributed by atoms with Gasteiger partial charge in [-0.3, -0.25) is 0 Å². The fourth-order valence-electron chi connectivity index (χ4n) is 1.05. The lowest BCUT2D eigenvalue weighted by molar-refractivity contribution is 1.29. The lowest BCUT2D eigenvalue weighted by Crippen LogP contribution is -1.91. The minimum Gasteiger partial charge on any atom is -0.0909 e. The topological polar surface area (TPSA) is 0 Å². The SMILES string of the molecule is C=C1C2=CCC1=C2. The number of hydrogen-bond donors (Lipinski definition) is 0. The van der Waals surface area contributed by atoms with Crippen molar-refractivity contribution in [2.45, 2.75) is 6.42 Å². The van der Waals surface area contributed by atoms with Gasteiger partial charge in [-0.1, -0.05) is 18.7 Å². The zero-order valence-corrected chi connectivity index (χ0v) is 4.07. The Hall–Kier alpha value is -0.780. The molecule has 3 aliphatic rings. The molecule has 0 saturated heterocycles. The summed E-state index contributed by atoms with van der Waals surface area (Å²) in [4.78, 5) is 0. The second kappa shape index (κ2) is 0.738. The Kier molecular flexibility index (Phi) is 0.343. The van der Waals surface area contributed by atoms with Crippen molar-refractivity contribution in [2.75, 3.05) is 0 Å². The van der Waals surface area contributed by atoms with Gasteiger partial charge >= 0.3 is 0 Å². The Balaban J connectivity index is 2.69. The van der Waals surface area contributed by atoms with E-state index >= 15 is 0 Å². The largest absolute Gasteiger partial charge is 0.0909 e. The zero-order chi connectivity index (χ0) is 4.85. The van der Waals surface area contributed by atoms with Gasteiger partial charge in [-0.25, -0.2) is 0 Å². The van der Waals surface area contributed by atoms with Crippen LogP contribution in [0.2, 0.25) is 0 Å². The summed E-state index contributed by atoms with van der Waals surface area (Å²) in [6.45, 7) is 3.85. The maximum absolute atomic E-state index is 3.85. The molecular formula is C7H6. The summed E-state index contributed by atoms with van der Waals surface area (Å²) in [6, 6.07) is 0. The third-order valence-corrected chi connectivity index (χ3v) is 1.61. The van der Waals surface area contributed by atoms with Gasteiger partial charge in [0, 0.05) is 0 Å².